The van der Waals surface area contributed by atoms with E-state index in [1.807, 2.05) is 0 Å². The van der Waals surface area contributed by atoms with Crippen molar-refractivity contribution in [2.24, 2.45) is 0 Å². The van der Waals surface area contributed by atoms with Crippen LogP contribution in [0.15, 0.2) is 24.3 Å². The summed E-state index contributed by atoms with van der Waals surface area (Å²) in [6, 6.07) is 9.46. The third kappa shape index (κ3) is 2.41. The third-order valence-corrected chi connectivity index (χ3v) is 3.97. The Labute approximate surface area is 108 Å². The molecule has 2 aliphatic rings. The Balaban J connectivity index is 1.62. The molecule has 2 aliphatic carbocycles. The number of nitrogens with zero attached hydrogens (tertiary/aromatic N) is 1. The fourth-order valence-electron chi connectivity index (χ4n) is 2.83. The summed E-state index contributed by atoms with van der Waals surface area (Å²) in [6.45, 7) is 0.509. The topological polar surface area (TPSA) is 32.3 Å². The smallest absolute Gasteiger partial charge is 0.234 e. The number of amides is 1. The van der Waals surface area contributed by atoms with Crippen molar-refractivity contribution < 1.29 is 4.79 Å². The maximum absolute atomic E-state index is 11.8. The molecule has 0 bridgehead atoms. The van der Waals surface area contributed by atoms with Gasteiger partial charge in [0.2, 0.25) is 5.91 Å². The summed E-state index contributed by atoms with van der Waals surface area (Å²) in [5.74, 6) is 0.171. The summed E-state index contributed by atoms with van der Waals surface area (Å²) in [5, 5.41) is 3.05. The summed E-state index contributed by atoms with van der Waals surface area (Å²) in [6.07, 6.45) is 4.57. The molecule has 3 heteroatoms. The zero-order valence-corrected chi connectivity index (χ0v) is 10.9. The molecular formula is C15H20N2O. The van der Waals surface area contributed by atoms with Crippen LogP contribution in [0.25, 0.3) is 0 Å². The SMILES string of the molecule is CN(CC(=O)NC1CC1)[C@H]1CCc2ccccc21. The van der Waals surface area contributed by atoms with Crippen molar-refractivity contribution in [3.05, 3.63) is 35.4 Å². The number of fused-ring (bicyclic) bond motifs is 1. The summed E-state index contributed by atoms with van der Waals surface area (Å²) in [5.41, 5.74) is 2.84. The molecule has 0 unspecified atom stereocenters. The van der Waals surface area contributed by atoms with Gasteiger partial charge in [-0.2, -0.15) is 0 Å². The van der Waals surface area contributed by atoms with Crippen molar-refractivity contribution in [2.75, 3.05) is 13.6 Å². The lowest BCUT2D eigenvalue weighted by Gasteiger charge is -2.24. The van der Waals surface area contributed by atoms with E-state index in [0.29, 0.717) is 18.6 Å². The van der Waals surface area contributed by atoms with Crippen molar-refractivity contribution in [1.82, 2.24) is 10.2 Å². The molecule has 1 amide bonds. The van der Waals surface area contributed by atoms with E-state index >= 15 is 0 Å². The summed E-state index contributed by atoms with van der Waals surface area (Å²) < 4.78 is 0. The van der Waals surface area contributed by atoms with Crippen LogP contribution in [0, 0.1) is 0 Å². The Morgan fingerprint density at radius 3 is 2.89 bits per heavy atom. The van der Waals surface area contributed by atoms with Gasteiger partial charge in [0.05, 0.1) is 6.54 Å². The number of nitrogens with one attached hydrogen (secondary N) is 1. The van der Waals surface area contributed by atoms with Gasteiger partial charge in [-0.25, -0.2) is 0 Å². The van der Waals surface area contributed by atoms with Gasteiger partial charge in [0.15, 0.2) is 0 Å². The van der Waals surface area contributed by atoms with Crippen LogP contribution in [-0.4, -0.2) is 30.4 Å². The molecule has 0 spiro atoms. The highest BCUT2D eigenvalue weighted by molar-refractivity contribution is 5.78. The van der Waals surface area contributed by atoms with Crippen LogP contribution in [-0.2, 0) is 11.2 Å². The molecule has 1 atom stereocenters. The molecule has 3 nitrogen and oxygen atoms in total. The number of benzene rings is 1. The Kier molecular flexibility index (Phi) is 3.08. The number of aryl methyl sites for hydroxylation is 1. The average Bonchev–Trinajstić information content (AvgIpc) is 3.06. The number of rotatable bonds is 4. The predicted octanol–water partition coefficient (Wildman–Crippen LogP) is 1.88. The highest BCUT2D eigenvalue weighted by Gasteiger charge is 2.28. The molecule has 0 saturated heterocycles. The number of carbonyl (C=O) groups excluding carboxylic acids is 1. The lowest BCUT2D eigenvalue weighted by Crippen LogP contribution is -2.37. The first-order valence-corrected chi connectivity index (χ1v) is 6.81. The van der Waals surface area contributed by atoms with E-state index in [4.69, 9.17) is 0 Å². The monoisotopic (exact) mass is 244 g/mol. The van der Waals surface area contributed by atoms with Crippen molar-refractivity contribution >= 4 is 5.91 Å². The van der Waals surface area contributed by atoms with E-state index in [1.165, 1.54) is 11.1 Å². The fourth-order valence-corrected chi connectivity index (χ4v) is 2.83. The van der Waals surface area contributed by atoms with Crippen LogP contribution in [0.3, 0.4) is 0 Å². The van der Waals surface area contributed by atoms with Crippen LogP contribution in [0.1, 0.15) is 36.4 Å². The number of carbonyl (C=O) groups is 1. The molecule has 0 radical (unpaired) electrons. The molecule has 0 aliphatic heterocycles. The highest BCUT2D eigenvalue weighted by atomic mass is 16.2. The second kappa shape index (κ2) is 4.73. The minimum absolute atomic E-state index is 0.171. The van der Waals surface area contributed by atoms with Gasteiger partial charge >= 0.3 is 0 Å². The van der Waals surface area contributed by atoms with Gasteiger partial charge in [0, 0.05) is 12.1 Å². The first-order valence-electron chi connectivity index (χ1n) is 6.81. The first-order chi connectivity index (χ1) is 8.74. The maximum atomic E-state index is 11.8. The van der Waals surface area contributed by atoms with Gasteiger partial charge < -0.3 is 5.32 Å². The standard InChI is InChI=1S/C15H20N2O/c1-17(10-15(18)16-12-7-8-12)14-9-6-11-4-2-3-5-13(11)14/h2-5,12,14H,6-10H2,1H3,(H,16,18)/t14-/m0/s1. The molecule has 1 saturated carbocycles. The Morgan fingerprint density at radius 2 is 2.11 bits per heavy atom. The van der Waals surface area contributed by atoms with E-state index in [0.717, 1.165) is 25.7 Å². The van der Waals surface area contributed by atoms with Gasteiger partial charge in [-0.05, 0) is 43.9 Å². The summed E-state index contributed by atoms with van der Waals surface area (Å²) >= 11 is 0. The van der Waals surface area contributed by atoms with Gasteiger partial charge in [-0.3, -0.25) is 9.69 Å². The van der Waals surface area contributed by atoms with E-state index in [1.54, 1.807) is 0 Å². The van der Waals surface area contributed by atoms with E-state index in [2.05, 4.69) is 41.5 Å². The molecule has 1 fully saturated rings. The molecule has 1 N–H and O–H groups in total. The fraction of sp³-hybridized carbons (Fsp3) is 0.533. The van der Waals surface area contributed by atoms with Crippen LogP contribution < -0.4 is 5.32 Å². The quantitative estimate of drug-likeness (QED) is 0.877. The molecule has 1 aromatic carbocycles. The summed E-state index contributed by atoms with van der Waals surface area (Å²) in [4.78, 5) is 14.0. The summed E-state index contributed by atoms with van der Waals surface area (Å²) in [7, 11) is 2.05. The predicted molar refractivity (Wildman–Crippen MR) is 71.3 cm³/mol. The molecule has 0 heterocycles. The zero-order valence-electron chi connectivity index (χ0n) is 10.9. The van der Waals surface area contributed by atoms with Crippen LogP contribution in [0.4, 0.5) is 0 Å². The molecule has 96 valence electrons. The highest BCUT2D eigenvalue weighted by Crippen LogP contribution is 2.34. The van der Waals surface area contributed by atoms with Crippen LogP contribution >= 0.6 is 0 Å². The molecular weight excluding hydrogens is 224 g/mol. The first kappa shape index (κ1) is 11.7. The van der Waals surface area contributed by atoms with Crippen LogP contribution in [0.5, 0.6) is 0 Å². The van der Waals surface area contributed by atoms with Crippen molar-refractivity contribution in [1.29, 1.82) is 0 Å². The van der Waals surface area contributed by atoms with Crippen molar-refractivity contribution in [3.63, 3.8) is 0 Å². The molecule has 1 aromatic rings. The largest absolute Gasteiger partial charge is 0.352 e. The minimum Gasteiger partial charge on any atom is -0.352 e. The van der Waals surface area contributed by atoms with E-state index in [-0.39, 0.29) is 5.91 Å². The maximum Gasteiger partial charge on any atom is 0.234 e. The lowest BCUT2D eigenvalue weighted by molar-refractivity contribution is -0.122. The lowest BCUT2D eigenvalue weighted by atomic mass is 10.1. The molecule has 18 heavy (non-hydrogen) atoms. The minimum atomic E-state index is 0.171. The van der Waals surface area contributed by atoms with Gasteiger partial charge in [-0.1, -0.05) is 24.3 Å². The second-order valence-electron chi connectivity index (χ2n) is 5.51. The van der Waals surface area contributed by atoms with E-state index in [9.17, 15) is 4.79 Å². The zero-order chi connectivity index (χ0) is 12.5. The second-order valence-corrected chi connectivity index (χ2v) is 5.51. The van der Waals surface area contributed by atoms with Gasteiger partial charge in [-0.15, -0.1) is 0 Å². The van der Waals surface area contributed by atoms with Gasteiger partial charge in [0.1, 0.15) is 0 Å². The van der Waals surface area contributed by atoms with Crippen molar-refractivity contribution in [3.8, 4) is 0 Å². The number of hydrogen-bond acceptors (Lipinski definition) is 2. The normalized spacial score (nSPS) is 22.0. The third-order valence-electron chi connectivity index (χ3n) is 3.97. The molecule has 3 rings (SSSR count). The van der Waals surface area contributed by atoms with Crippen molar-refractivity contribution in [2.45, 2.75) is 37.8 Å². The van der Waals surface area contributed by atoms with E-state index < -0.39 is 0 Å². The molecule has 0 aromatic heterocycles. The number of hydrogen-bond donors (Lipinski definition) is 1. The average molecular weight is 244 g/mol. The Morgan fingerprint density at radius 1 is 1.33 bits per heavy atom. The number of likely N-dealkylation sites (N-methyl/N-ethyl adjacent to an activating group) is 1. The Hall–Kier alpha value is -1.35. The Bertz CT molecular complexity index is 454. The van der Waals surface area contributed by atoms with Gasteiger partial charge in [0.25, 0.3) is 0 Å². The van der Waals surface area contributed by atoms with Crippen LogP contribution in [0.2, 0.25) is 0 Å².